The number of hydrogen-bond acceptors (Lipinski definition) is 3. The number of carbonyl (C=O) groups is 2. The first-order valence-electron chi connectivity index (χ1n) is 6.95. The summed E-state index contributed by atoms with van der Waals surface area (Å²) in [4.78, 5) is 24.1. The van der Waals surface area contributed by atoms with Crippen LogP contribution in [0.1, 0.15) is 32.6 Å². The van der Waals surface area contributed by atoms with Crippen LogP contribution in [0.2, 0.25) is 0 Å². The summed E-state index contributed by atoms with van der Waals surface area (Å²) in [6, 6.07) is -0.0450. The molecule has 6 nitrogen and oxygen atoms in total. The highest BCUT2D eigenvalue weighted by molar-refractivity contribution is 5.74. The Hall–Kier alpha value is -1.30. The first-order chi connectivity index (χ1) is 9.13. The van der Waals surface area contributed by atoms with Crippen LogP contribution in [0.15, 0.2) is 0 Å². The second-order valence-corrected chi connectivity index (χ2v) is 4.83. The van der Waals surface area contributed by atoms with Crippen LogP contribution >= 0.6 is 0 Å². The zero-order valence-corrected chi connectivity index (χ0v) is 11.6. The van der Waals surface area contributed by atoms with Crippen molar-refractivity contribution in [3.63, 3.8) is 0 Å². The van der Waals surface area contributed by atoms with E-state index >= 15 is 0 Å². The zero-order valence-electron chi connectivity index (χ0n) is 11.6. The molecule has 1 aliphatic heterocycles. The zero-order chi connectivity index (χ0) is 14.1. The third kappa shape index (κ3) is 6.42. The Bertz CT molecular complexity index is 290. The highest BCUT2D eigenvalue weighted by Gasteiger charge is 2.16. The van der Waals surface area contributed by atoms with Crippen molar-refractivity contribution < 1.29 is 19.4 Å². The van der Waals surface area contributed by atoms with Crippen molar-refractivity contribution in [2.45, 2.75) is 32.6 Å². The Labute approximate surface area is 114 Å². The number of rotatable bonds is 7. The summed E-state index contributed by atoms with van der Waals surface area (Å²) >= 11 is 0. The van der Waals surface area contributed by atoms with Crippen LogP contribution in [-0.4, -0.2) is 54.9 Å². The van der Waals surface area contributed by atoms with Crippen molar-refractivity contribution in [1.82, 2.24) is 10.2 Å². The van der Waals surface area contributed by atoms with Crippen LogP contribution in [0.25, 0.3) is 0 Å². The molecule has 1 saturated heterocycles. The molecule has 2 N–H and O–H groups in total. The third-order valence-corrected chi connectivity index (χ3v) is 3.47. The molecule has 1 fully saturated rings. The van der Waals surface area contributed by atoms with E-state index in [0.29, 0.717) is 45.2 Å². The van der Waals surface area contributed by atoms with E-state index in [1.807, 2.05) is 0 Å². The molecule has 0 aliphatic carbocycles. The summed E-state index contributed by atoms with van der Waals surface area (Å²) in [6.45, 7) is 5.14. The maximum Gasteiger partial charge on any atom is 0.317 e. The molecule has 0 aromatic heterocycles. The number of ether oxygens (including phenoxy) is 1. The lowest BCUT2D eigenvalue weighted by Crippen LogP contribution is -2.46. The lowest BCUT2D eigenvalue weighted by Gasteiger charge is -2.27. The van der Waals surface area contributed by atoms with Crippen LogP contribution in [0.5, 0.6) is 0 Å². The number of nitrogens with zero attached hydrogens (tertiary/aromatic N) is 1. The average Bonchev–Trinajstić information content (AvgIpc) is 2.43. The molecular weight excluding hydrogens is 248 g/mol. The summed E-state index contributed by atoms with van der Waals surface area (Å²) in [5, 5.41) is 11.5. The molecule has 2 amide bonds. The third-order valence-electron chi connectivity index (χ3n) is 3.47. The molecule has 0 radical (unpaired) electrons. The predicted octanol–water partition coefficient (Wildman–Crippen LogP) is 1.31. The van der Waals surface area contributed by atoms with Crippen molar-refractivity contribution >= 4 is 12.0 Å². The van der Waals surface area contributed by atoms with E-state index in [4.69, 9.17) is 9.84 Å². The van der Waals surface area contributed by atoms with Crippen LogP contribution in [-0.2, 0) is 9.53 Å². The number of carboxylic acids is 1. The first-order valence-corrected chi connectivity index (χ1v) is 6.95. The van der Waals surface area contributed by atoms with E-state index in [-0.39, 0.29) is 12.5 Å². The molecule has 19 heavy (non-hydrogen) atoms. The van der Waals surface area contributed by atoms with Gasteiger partial charge in [-0.15, -0.1) is 0 Å². The molecule has 1 aliphatic rings. The maximum atomic E-state index is 11.8. The van der Waals surface area contributed by atoms with Gasteiger partial charge in [-0.3, -0.25) is 4.79 Å². The molecule has 0 aromatic carbocycles. The van der Waals surface area contributed by atoms with Gasteiger partial charge in [0, 0.05) is 26.1 Å². The van der Waals surface area contributed by atoms with Crippen molar-refractivity contribution in [3.8, 4) is 0 Å². The highest BCUT2D eigenvalue weighted by atomic mass is 16.5. The van der Waals surface area contributed by atoms with Gasteiger partial charge in [0.05, 0.1) is 13.2 Å². The number of amides is 2. The molecule has 0 aromatic rings. The molecule has 0 spiro atoms. The van der Waals surface area contributed by atoms with Crippen LogP contribution in [0.4, 0.5) is 4.79 Å². The maximum absolute atomic E-state index is 11.8. The minimum absolute atomic E-state index is 0.0450. The van der Waals surface area contributed by atoms with Crippen molar-refractivity contribution in [3.05, 3.63) is 0 Å². The van der Waals surface area contributed by atoms with Crippen LogP contribution in [0.3, 0.4) is 0 Å². The number of carboxylic acid groups (broad SMARTS) is 1. The van der Waals surface area contributed by atoms with Gasteiger partial charge in [-0.25, -0.2) is 4.79 Å². The summed E-state index contributed by atoms with van der Waals surface area (Å²) < 4.78 is 5.19. The second-order valence-electron chi connectivity index (χ2n) is 4.83. The molecule has 1 atom stereocenters. The fourth-order valence-electron chi connectivity index (χ4n) is 2.14. The van der Waals surface area contributed by atoms with Gasteiger partial charge in [0.25, 0.3) is 0 Å². The van der Waals surface area contributed by atoms with Crippen molar-refractivity contribution in [2.75, 3.05) is 32.8 Å². The number of urea groups is 1. The van der Waals surface area contributed by atoms with Crippen LogP contribution < -0.4 is 5.32 Å². The molecule has 0 bridgehead atoms. The SMILES string of the molecule is CCC(CCNC(=O)N1CCOCC1)CCC(=O)O. The highest BCUT2D eigenvalue weighted by Crippen LogP contribution is 2.14. The Morgan fingerprint density at radius 1 is 1.32 bits per heavy atom. The molecular formula is C13H24N2O4. The molecule has 1 unspecified atom stereocenters. The Kier molecular flexibility index (Phi) is 7.25. The fraction of sp³-hybridized carbons (Fsp3) is 0.846. The molecule has 0 saturated carbocycles. The molecule has 1 rings (SSSR count). The topological polar surface area (TPSA) is 78.9 Å². The largest absolute Gasteiger partial charge is 0.481 e. The van der Waals surface area contributed by atoms with Gasteiger partial charge < -0.3 is 20.1 Å². The smallest absolute Gasteiger partial charge is 0.317 e. The fourth-order valence-corrected chi connectivity index (χ4v) is 2.14. The Morgan fingerprint density at radius 3 is 2.58 bits per heavy atom. The number of nitrogens with one attached hydrogen (secondary N) is 1. The molecule has 6 heteroatoms. The second kappa shape index (κ2) is 8.74. The predicted molar refractivity (Wildman–Crippen MR) is 71.1 cm³/mol. The Morgan fingerprint density at radius 2 is 2.00 bits per heavy atom. The quantitative estimate of drug-likeness (QED) is 0.732. The van der Waals surface area contributed by atoms with E-state index in [9.17, 15) is 9.59 Å². The number of carbonyl (C=O) groups excluding carboxylic acids is 1. The number of aliphatic carboxylic acids is 1. The van der Waals surface area contributed by atoms with Gasteiger partial charge in [-0.1, -0.05) is 13.3 Å². The van der Waals surface area contributed by atoms with Gasteiger partial charge in [0.2, 0.25) is 0 Å². The lowest BCUT2D eigenvalue weighted by atomic mass is 9.97. The van der Waals surface area contributed by atoms with Crippen LogP contribution in [0, 0.1) is 5.92 Å². The van der Waals surface area contributed by atoms with Gasteiger partial charge in [0.15, 0.2) is 0 Å². The van der Waals surface area contributed by atoms with Crippen molar-refractivity contribution in [2.24, 2.45) is 5.92 Å². The number of hydrogen-bond donors (Lipinski definition) is 2. The minimum Gasteiger partial charge on any atom is -0.481 e. The average molecular weight is 272 g/mol. The normalized spacial score (nSPS) is 17.0. The lowest BCUT2D eigenvalue weighted by molar-refractivity contribution is -0.137. The summed E-state index contributed by atoms with van der Waals surface area (Å²) in [6.07, 6.45) is 2.66. The van der Waals surface area contributed by atoms with Gasteiger partial charge >= 0.3 is 12.0 Å². The van der Waals surface area contributed by atoms with Gasteiger partial charge in [-0.05, 0) is 18.8 Å². The van der Waals surface area contributed by atoms with E-state index in [2.05, 4.69) is 12.2 Å². The Balaban J connectivity index is 2.16. The summed E-state index contributed by atoms with van der Waals surface area (Å²) in [5.41, 5.74) is 0. The van der Waals surface area contributed by atoms with E-state index < -0.39 is 5.97 Å². The summed E-state index contributed by atoms with van der Waals surface area (Å²) in [5.74, 6) is -0.392. The van der Waals surface area contributed by atoms with Gasteiger partial charge in [0.1, 0.15) is 0 Å². The first kappa shape index (κ1) is 15.8. The summed E-state index contributed by atoms with van der Waals surface area (Å²) in [7, 11) is 0. The van der Waals surface area contributed by atoms with E-state index in [0.717, 1.165) is 12.8 Å². The van der Waals surface area contributed by atoms with Gasteiger partial charge in [-0.2, -0.15) is 0 Å². The molecule has 1 heterocycles. The minimum atomic E-state index is -0.754. The monoisotopic (exact) mass is 272 g/mol. The molecule has 110 valence electrons. The standard InChI is InChI=1S/C13H24N2O4/c1-2-11(3-4-12(16)17)5-6-14-13(18)15-7-9-19-10-8-15/h11H,2-10H2,1H3,(H,14,18)(H,16,17). The van der Waals surface area contributed by atoms with E-state index in [1.54, 1.807) is 4.90 Å². The van der Waals surface area contributed by atoms with Crippen molar-refractivity contribution in [1.29, 1.82) is 0 Å². The van der Waals surface area contributed by atoms with E-state index in [1.165, 1.54) is 0 Å². The number of morpholine rings is 1.